The molecule has 0 saturated carbocycles. The van der Waals surface area contributed by atoms with Gasteiger partial charge >= 0.3 is 0 Å². The first-order valence-electron chi connectivity index (χ1n) is 6.68. The molecule has 3 nitrogen and oxygen atoms in total. The van der Waals surface area contributed by atoms with Crippen LogP contribution in [0.2, 0.25) is 0 Å². The topological polar surface area (TPSA) is 37.8 Å². The second-order valence-electron chi connectivity index (χ2n) is 4.58. The first kappa shape index (κ1) is 13.4. The third-order valence-electron chi connectivity index (χ3n) is 3.30. The van der Waals surface area contributed by atoms with E-state index in [1.165, 1.54) is 28.8 Å². The molecule has 0 fully saturated rings. The minimum absolute atomic E-state index is 0.512. The summed E-state index contributed by atoms with van der Waals surface area (Å²) in [7, 11) is 2.03. The Bertz CT molecular complexity index is 507. The Morgan fingerprint density at radius 2 is 2.17 bits per heavy atom. The Morgan fingerprint density at radius 3 is 2.83 bits per heavy atom. The highest BCUT2D eigenvalue weighted by Gasteiger charge is 2.12. The summed E-state index contributed by atoms with van der Waals surface area (Å²) in [6.07, 6.45) is 6.15. The SMILES string of the molecule is CCCC(Cc1ncnc2sc(CC)cc12)NC. The molecule has 0 spiro atoms. The zero-order chi connectivity index (χ0) is 13.0. The molecular weight excluding hydrogens is 242 g/mol. The molecule has 0 saturated heterocycles. The average molecular weight is 263 g/mol. The van der Waals surface area contributed by atoms with Crippen LogP contribution in [0, 0.1) is 0 Å². The van der Waals surface area contributed by atoms with Gasteiger partial charge in [0, 0.05) is 22.7 Å². The Kier molecular flexibility index (Phi) is 4.66. The number of hydrogen-bond donors (Lipinski definition) is 1. The molecule has 1 atom stereocenters. The molecule has 2 rings (SSSR count). The molecule has 2 aromatic heterocycles. The minimum atomic E-state index is 0.512. The molecule has 1 unspecified atom stereocenters. The molecule has 0 bridgehead atoms. The van der Waals surface area contributed by atoms with E-state index < -0.39 is 0 Å². The van der Waals surface area contributed by atoms with E-state index in [-0.39, 0.29) is 0 Å². The van der Waals surface area contributed by atoms with Crippen molar-refractivity contribution in [3.63, 3.8) is 0 Å². The Hall–Kier alpha value is -1.00. The lowest BCUT2D eigenvalue weighted by molar-refractivity contribution is 0.510. The van der Waals surface area contributed by atoms with Gasteiger partial charge in [0.05, 0.1) is 5.69 Å². The van der Waals surface area contributed by atoms with E-state index in [1.807, 2.05) is 7.05 Å². The maximum absolute atomic E-state index is 4.48. The maximum atomic E-state index is 4.48. The van der Waals surface area contributed by atoms with E-state index in [0.717, 1.165) is 17.7 Å². The molecule has 0 radical (unpaired) electrons. The minimum Gasteiger partial charge on any atom is -0.317 e. The smallest absolute Gasteiger partial charge is 0.127 e. The first-order valence-corrected chi connectivity index (χ1v) is 7.49. The van der Waals surface area contributed by atoms with Gasteiger partial charge in [-0.1, -0.05) is 20.3 Å². The summed E-state index contributed by atoms with van der Waals surface area (Å²) in [5.41, 5.74) is 1.18. The van der Waals surface area contributed by atoms with Crippen molar-refractivity contribution in [3.8, 4) is 0 Å². The third-order valence-corrected chi connectivity index (χ3v) is 4.48. The van der Waals surface area contributed by atoms with Crippen LogP contribution < -0.4 is 5.32 Å². The van der Waals surface area contributed by atoms with Crippen molar-refractivity contribution in [2.45, 2.75) is 45.6 Å². The number of rotatable bonds is 6. The fourth-order valence-corrected chi connectivity index (χ4v) is 3.18. The molecule has 0 aromatic carbocycles. The van der Waals surface area contributed by atoms with Gasteiger partial charge in [-0.15, -0.1) is 11.3 Å². The number of nitrogens with one attached hydrogen (secondary N) is 1. The molecule has 0 aliphatic heterocycles. The Morgan fingerprint density at radius 1 is 1.33 bits per heavy atom. The summed E-state index contributed by atoms with van der Waals surface area (Å²) in [6.45, 7) is 4.41. The van der Waals surface area contributed by atoms with Crippen molar-refractivity contribution in [3.05, 3.63) is 23.0 Å². The van der Waals surface area contributed by atoms with E-state index >= 15 is 0 Å². The highest BCUT2D eigenvalue weighted by Crippen LogP contribution is 2.26. The van der Waals surface area contributed by atoms with Gasteiger partial charge in [0.25, 0.3) is 0 Å². The van der Waals surface area contributed by atoms with Crippen LogP contribution in [-0.4, -0.2) is 23.1 Å². The molecule has 0 aliphatic carbocycles. The number of likely N-dealkylation sites (N-methyl/N-ethyl adjacent to an activating group) is 1. The van der Waals surface area contributed by atoms with Gasteiger partial charge < -0.3 is 5.32 Å². The molecular formula is C14H21N3S. The summed E-state index contributed by atoms with van der Waals surface area (Å²) in [5.74, 6) is 0. The number of thiophene rings is 1. The van der Waals surface area contributed by atoms with E-state index in [1.54, 1.807) is 17.7 Å². The molecule has 2 heterocycles. The number of aromatic nitrogens is 2. The predicted molar refractivity (Wildman–Crippen MR) is 78.3 cm³/mol. The van der Waals surface area contributed by atoms with Gasteiger partial charge in [-0.25, -0.2) is 9.97 Å². The van der Waals surface area contributed by atoms with Crippen molar-refractivity contribution >= 4 is 21.6 Å². The van der Waals surface area contributed by atoms with Gasteiger partial charge in [-0.3, -0.25) is 0 Å². The molecule has 0 amide bonds. The quantitative estimate of drug-likeness (QED) is 0.870. The van der Waals surface area contributed by atoms with Crippen LogP contribution in [0.1, 0.15) is 37.3 Å². The third kappa shape index (κ3) is 2.87. The van der Waals surface area contributed by atoms with Gasteiger partial charge in [0.15, 0.2) is 0 Å². The van der Waals surface area contributed by atoms with Crippen LogP contribution in [0.5, 0.6) is 0 Å². The summed E-state index contributed by atoms with van der Waals surface area (Å²) < 4.78 is 0. The van der Waals surface area contributed by atoms with Crippen molar-refractivity contribution < 1.29 is 0 Å². The van der Waals surface area contributed by atoms with Crippen LogP contribution >= 0.6 is 11.3 Å². The van der Waals surface area contributed by atoms with Crippen molar-refractivity contribution in [1.82, 2.24) is 15.3 Å². The largest absolute Gasteiger partial charge is 0.317 e. The van der Waals surface area contributed by atoms with Crippen LogP contribution in [0.4, 0.5) is 0 Å². The standard InChI is InChI=1S/C14H21N3S/c1-4-6-10(15-3)7-13-12-8-11(5-2)18-14(12)17-9-16-13/h8-10,15H,4-7H2,1-3H3. The van der Waals surface area contributed by atoms with Gasteiger partial charge in [-0.05, 0) is 26.0 Å². The van der Waals surface area contributed by atoms with Crippen molar-refractivity contribution in [2.24, 2.45) is 0 Å². The number of hydrogen-bond acceptors (Lipinski definition) is 4. The number of nitrogens with zero attached hydrogens (tertiary/aromatic N) is 2. The predicted octanol–water partition coefficient (Wildman–Crippen LogP) is 3.18. The lowest BCUT2D eigenvalue weighted by atomic mass is 10.0. The summed E-state index contributed by atoms with van der Waals surface area (Å²) >= 11 is 1.79. The summed E-state index contributed by atoms with van der Waals surface area (Å²) in [4.78, 5) is 11.4. The van der Waals surface area contributed by atoms with E-state index in [0.29, 0.717) is 6.04 Å². The van der Waals surface area contributed by atoms with E-state index in [4.69, 9.17) is 0 Å². The number of aryl methyl sites for hydroxylation is 1. The van der Waals surface area contributed by atoms with Crippen LogP contribution in [0.15, 0.2) is 12.4 Å². The zero-order valence-electron chi connectivity index (χ0n) is 11.4. The lowest BCUT2D eigenvalue weighted by Crippen LogP contribution is -2.27. The Balaban J connectivity index is 2.29. The van der Waals surface area contributed by atoms with Crippen molar-refractivity contribution in [1.29, 1.82) is 0 Å². The fraction of sp³-hybridized carbons (Fsp3) is 0.571. The van der Waals surface area contributed by atoms with Crippen LogP contribution in [-0.2, 0) is 12.8 Å². The van der Waals surface area contributed by atoms with Gasteiger partial charge in [0.1, 0.15) is 11.2 Å². The van der Waals surface area contributed by atoms with E-state index in [2.05, 4.69) is 35.2 Å². The van der Waals surface area contributed by atoms with Gasteiger partial charge in [0.2, 0.25) is 0 Å². The van der Waals surface area contributed by atoms with Gasteiger partial charge in [-0.2, -0.15) is 0 Å². The first-order chi connectivity index (χ1) is 8.78. The molecule has 4 heteroatoms. The molecule has 2 aromatic rings. The second-order valence-corrected chi connectivity index (χ2v) is 5.70. The average Bonchev–Trinajstić information content (AvgIpc) is 2.82. The molecule has 0 aliphatic rings. The monoisotopic (exact) mass is 263 g/mol. The van der Waals surface area contributed by atoms with Crippen LogP contribution in [0.25, 0.3) is 10.2 Å². The molecule has 18 heavy (non-hydrogen) atoms. The normalized spacial score (nSPS) is 13.1. The molecule has 98 valence electrons. The van der Waals surface area contributed by atoms with Crippen molar-refractivity contribution in [2.75, 3.05) is 7.05 Å². The summed E-state index contributed by atoms with van der Waals surface area (Å²) in [6, 6.07) is 2.77. The van der Waals surface area contributed by atoms with E-state index in [9.17, 15) is 0 Å². The highest BCUT2D eigenvalue weighted by molar-refractivity contribution is 7.18. The summed E-state index contributed by atoms with van der Waals surface area (Å²) in [5, 5.41) is 4.63. The zero-order valence-corrected chi connectivity index (χ0v) is 12.2. The highest BCUT2D eigenvalue weighted by atomic mass is 32.1. The number of fused-ring (bicyclic) bond motifs is 1. The maximum Gasteiger partial charge on any atom is 0.127 e. The Labute approximate surface area is 113 Å². The van der Waals surface area contributed by atoms with Crippen LogP contribution in [0.3, 0.4) is 0 Å². The fourth-order valence-electron chi connectivity index (χ4n) is 2.22. The lowest BCUT2D eigenvalue weighted by Gasteiger charge is -2.14. The molecule has 1 N–H and O–H groups in total. The second kappa shape index (κ2) is 6.25.